The van der Waals surface area contributed by atoms with Crippen LogP contribution in [0.3, 0.4) is 0 Å². The van der Waals surface area contributed by atoms with Crippen LogP contribution in [0.1, 0.15) is 6.92 Å². The smallest absolute Gasteiger partial charge is 0.353 e. The number of hydrogen-bond acceptors (Lipinski definition) is 6. The lowest BCUT2D eigenvalue weighted by Crippen LogP contribution is -2.53. The van der Waals surface area contributed by atoms with Crippen molar-refractivity contribution in [3.05, 3.63) is 46.1 Å². The number of allylic oxidation sites excluding steroid dienone is 3. The molecule has 0 saturated heterocycles. The summed E-state index contributed by atoms with van der Waals surface area (Å²) in [6.45, 7) is 1.06. The van der Waals surface area contributed by atoms with Gasteiger partial charge in [-0.05, 0) is 0 Å². The van der Waals surface area contributed by atoms with Crippen molar-refractivity contribution in [3.8, 4) is 0 Å². The molecule has 0 saturated carbocycles. The molecule has 1 aliphatic carbocycles. The number of rotatable bonds is 2. The number of carboxylic acid groups (broad SMARTS) is 1. The highest BCUT2D eigenvalue weighted by Gasteiger charge is 2.35. The highest BCUT2D eigenvalue weighted by atomic mass is 16.5. The quantitative estimate of drug-likeness (QED) is 0.753. The van der Waals surface area contributed by atoms with Crippen molar-refractivity contribution in [2.45, 2.75) is 19.0 Å². The van der Waals surface area contributed by atoms with Gasteiger partial charge in [0.1, 0.15) is 11.4 Å². The molecular weight excluding hydrogens is 240 g/mol. The van der Waals surface area contributed by atoms with E-state index >= 15 is 0 Å². The van der Waals surface area contributed by atoms with Gasteiger partial charge >= 0.3 is 5.97 Å². The maximum atomic E-state index is 12.0. The molecule has 0 aromatic carbocycles. The summed E-state index contributed by atoms with van der Waals surface area (Å²) in [7, 11) is 0. The fraction of sp³-hybridized carbons (Fsp3) is 0.273. The van der Waals surface area contributed by atoms with E-state index in [1.165, 1.54) is 12.2 Å². The van der Waals surface area contributed by atoms with Gasteiger partial charge in [-0.25, -0.2) is 4.79 Å². The highest BCUT2D eigenvalue weighted by molar-refractivity contribution is 6.02. The van der Waals surface area contributed by atoms with E-state index < -0.39 is 35.2 Å². The summed E-state index contributed by atoms with van der Waals surface area (Å²) in [5.74, 6) is -2.33. The molecule has 18 heavy (non-hydrogen) atoms. The molecule has 1 heterocycles. The molecular formula is C11H10N2O5-2. The van der Waals surface area contributed by atoms with E-state index in [9.17, 15) is 20.0 Å². The number of carbonyl (C=O) groups excluding carboxylic acids is 1. The molecule has 2 unspecified atom stereocenters. The topological polar surface area (TPSA) is 107 Å². The predicted octanol–water partition coefficient (Wildman–Crippen LogP) is 0.348. The van der Waals surface area contributed by atoms with Crippen molar-refractivity contribution < 1.29 is 14.7 Å². The lowest BCUT2D eigenvalue weighted by molar-refractivity contribution is -0.135. The summed E-state index contributed by atoms with van der Waals surface area (Å²) in [5.41, 5.74) is -1.42. The van der Waals surface area contributed by atoms with E-state index in [2.05, 4.69) is 0 Å². The van der Waals surface area contributed by atoms with Gasteiger partial charge < -0.3 is 25.6 Å². The summed E-state index contributed by atoms with van der Waals surface area (Å²) in [6.07, 6.45) is 6.02. The molecule has 0 aromatic heterocycles. The number of ketones is 1. The number of hydrogen-bond donors (Lipinski definition) is 1. The van der Waals surface area contributed by atoms with Crippen LogP contribution in [0.2, 0.25) is 0 Å². The molecule has 0 radical (unpaired) electrons. The molecule has 1 N–H and O–H groups in total. The SMILES string of the molecule is CC(=O)C1=C(C(=O)O)N([O-])C2C=CC=CC2N1[O-]. The van der Waals surface area contributed by atoms with Crippen LogP contribution in [0.4, 0.5) is 0 Å². The first-order chi connectivity index (χ1) is 8.45. The fourth-order valence-corrected chi connectivity index (χ4v) is 2.04. The summed E-state index contributed by atoms with van der Waals surface area (Å²) >= 11 is 0. The third-order valence-electron chi connectivity index (χ3n) is 2.82. The molecule has 0 spiro atoms. The second kappa shape index (κ2) is 4.28. The summed E-state index contributed by atoms with van der Waals surface area (Å²) in [4.78, 5) is 22.4. The Morgan fingerprint density at radius 2 is 1.56 bits per heavy atom. The normalized spacial score (nSPS) is 26.4. The Morgan fingerprint density at radius 1 is 1.11 bits per heavy atom. The van der Waals surface area contributed by atoms with Crippen molar-refractivity contribution in [2.75, 3.05) is 0 Å². The van der Waals surface area contributed by atoms with Crippen LogP contribution in [0, 0.1) is 10.4 Å². The maximum Gasteiger partial charge on any atom is 0.353 e. The molecule has 0 amide bonds. The van der Waals surface area contributed by atoms with E-state index in [-0.39, 0.29) is 5.06 Å². The Hall–Kier alpha value is -2.12. The van der Waals surface area contributed by atoms with Gasteiger partial charge in [-0.1, -0.05) is 24.3 Å². The van der Waals surface area contributed by atoms with Gasteiger partial charge in [-0.15, -0.1) is 0 Å². The van der Waals surface area contributed by atoms with E-state index in [0.717, 1.165) is 6.92 Å². The van der Waals surface area contributed by atoms with Crippen molar-refractivity contribution >= 4 is 11.8 Å². The second-order valence-electron chi connectivity index (χ2n) is 3.96. The zero-order valence-electron chi connectivity index (χ0n) is 9.44. The minimum Gasteiger partial charge on any atom is -0.758 e. The summed E-state index contributed by atoms with van der Waals surface area (Å²) < 4.78 is 0. The first-order valence-electron chi connectivity index (χ1n) is 5.21. The largest absolute Gasteiger partial charge is 0.758 e. The first kappa shape index (κ1) is 12.3. The van der Waals surface area contributed by atoms with Gasteiger partial charge in [-0.2, -0.15) is 0 Å². The van der Waals surface area contributed by atoms with Crippen LogP contribution in [-0.4, -0.2) is 39.1 Å². The summed E-state index contributed by atoms with van der Waals surface area (Å²) in [6, 6.07) is -1.81. The van der Waals surface area contributed by atoms with Gasteiger partial charge in [0.05, 0.1) is 12.1 Å². The van der Waals surface area contributed by atoms with Gasteiger partial charge in [0.25, 0.3) is 0 Å². The number of nitrogens with zero attached hydrogens (tertiary/aromatic N) is 2. The molecule has 2 aliphatic rings. The molecule has 0 fully saturated rings. The highest BCUT2D eigenvalue weighted by Crippen LogP contribution is 2.31. The molecule has 7 heteroatoms. The third-order valence-corrected chi connectivity index (χ3v) is 2.82. The number of aliphatic carboxylic acids is 1. The van der Waals surface area contributed by atoms with E-state index in [1.807, 2.05) is 0 Å². The van der Waals surface area contributed by atoms with Crippen LogP contribution in [0.5, 0.6) is 0 Å². The molecule has 2 atom stereocenters. The minimum absolute atomic E-state index is 0.206. The van der Waals surface area contributed by atoms with Crippen LogP contribution in [0.15, 0.2) is 35.7 Å². The molecule has 2 rings (SSSR count). The maximum absolute atomic E-state index is 12.0. The average Bonchev–Trinajstić information content (AvgIpc) is 2.32. The molecule has 0 bridgehead atoms. The van der Waals surface area contributed by atoms with Crippen LogP contribution in [-0.2, 0) is 9.59 Å². The molecule has 7 nitrogen and oxygen atoms in total. The van der Waals surface area contributed by atoms with Gasteiger partial charge in [0, 0.05) is 6.92 Å². The molecule has 0 aromatic rings. The fourth-order valence-electron chi connectivity index (χ4n) is 2.04. The average molecular weight is 250 g/mol. The standard InChI is InChI=1S/C11H10N2O5/c1-6(14)9-10(11(15)16)13(18)8-5-3-2-4-7(8)12(9)17/h2-5,7-8H,1H3,(H,15,16)/q-2. The van der Waals surface area contributed by atoms with E-state index in [1.54, 1.807) is 12.2 Å². The van der Waals surface area contributed by atoms with Crippen LogP contribution < -0.4 is 0 Å². The number of fused-ring (bicyclic) bond motifs is 1. The zero-order chi connectivity index (χ0) is 13.4. The summed E-state index contributed by atoms with van der Waals surface area (Å²) in [5, 5.41) is 33.4. The predicted molar refractivity (Wildman–Crippen MR) is 61.6 cm³/mol. The van der Waals surface area contributed by atoms with Gasteiger partial charge in [0.15, 0.2) is 5.78 Å². The van der Waals surface area contributed by atoms with Gasteiger partial charge in [0.2, 0.25) is 0 Å². The number of carboxylic acids is 1. The number of carbonyl (C=O) groups is 2. The second-order valence-corrected chi connectivity index (χ2v) is 3.96. The van der Waals surface area contributed by atoms with E-state index in [0.29, 0.717) is 5.06 Å². The Balaban J connectivity index is 2.59. The van der Waals surface area contributed by atoms with Crippen molar-refractivity contribution in [1.82, 2.24) is 10.1 Å². The van der Waals surface area contributed by atoms with Gasteiger partial charge in [-0.3, -0.25) is 4.79 Å². The Labute approximate surface area is 102 Å². The first-order valence-corrected chi connectivity index (χ1v) is 5.21. The van der Waals surface area contributed by atoms with Crippen LogP contribution >= 0.6 is 0 Å². The minimum atomic E-state index is -1.59. The molecule has 1 aliphatic heterocycles. The lowest BCUT2D eigenvalue weighted by Gasteiger charge is -2.54. The lowest BCUT2D eigenvalue weighted by atomic mass is 9.97. The number of hydroxylamine groups is 4. The van der Waals surface area contributed by atoms with Crippen LogP contribution in [0.25, 0.3) is 0 Å². The Kier molecular flexibility index (Phi) is 2.93. The monoisotopic (exact) mass is 250 g/mol. The van der Waals surface area contributed by atoms with Crippen molar-refractivity contribution in [1.29, 1.82) is 0 Å². The Bertz CT molecular complexity index is 450. The third kappa shape index (κ3) is 1.69. The Morgan fingerprint density at radius 3 is 1.94 bits per heavy atom. The van der Waals surface area contributed by atoms with Crippen molar-refractivity contribution in [3.63, 3.8) is 0 Å². The molecule has 96 valence electrons. The number of Topliss-reactive ketones (excluding diaryl/α,β-unsaturated/α-hetero) is 1. The van der Waals surface area contributed by atoms with E-state index in [4.69, 9.17) is 5.11 Å². The zero-order valence-corrected chi connectivity index (χ0v) is 9.44. The van der Waals surface area contributed by atoms with Crippen molar-refractivity contribution in [2.24, 2.45) is 0 Å².